The Bertz CT molecular complexity index is 395. The van der Waals surface area contributed by atoms with Crippen LogP contribution in [0.15, 0.2) is 18.2 Å². The van der Waals surface area contributed by atoms with Gasteiger partial charge in [-0.1, -0.05) is 35.3 Å². The predicted molar refractivity (Wildman–Crippen MR) is 71.0 cm³/mol. The molecule has 17 heavy (non-hydrogen) atoms. The van der Waals surface area contributed by atoms with Crippen LogP contribution in [-0.4, -0.2) is 16.9 Å². The molecule has 0 heterocycles. The molecule has 0 aliphatic carbocycles. The van der Waals surface area contributed by atoms with Crippen LogP contribution < -0.4 is 4.74 Å². The second kappa shape index (κ2) is 6.59. The molecule has 0 fully saturated rings. The highest BCUT2D eigenvalue weighted by Crippen LogP contribution is 2.28. The van der Waals surface area contributed by atoms with E-state index in [9.17, 15) is 10.1 Å². The van der Waals surface area contributed by atoms with Gasteiger partial charge >= 0.3 is 5.69 Å². The molecule has 0 aromatic heterocycles. The molecule has 0 bridgehead atoms. The van der Waals surface area contributed by atoms with Crippen molar-refractivity contribution in [3.05, 3.63) is 33.9 Å². The summed E-state index contributed by atoms with van der Waals surface area (Å²) in [6.07, 6.45) is 3.04. The van der Waals surface area contributed by atoms with Crippen molar-refractivity contribution in [3.8, 4) is 5.75 Å². The Morgan fingerprint density at radius 2 is 2.24 bits per heavy atom. The number of methoxy groups -OCH3 is 1. The lowest BCUT2D eigenvalue weighted by Gasteiger charge is -2.09. The standard InChI is InChI=1S/C12H16BrNO3/c1-3-4-10(13)7-9-5-6-11(14(15)16)12(8-9)17-2/h5-6,8,10H,3-4,7H2,1-2H3. The molecule has 5 heteroatoms. The molecule has 0 N–H and O–H groups in total. The molecule has 0 spiro atoms. The number of hydrogen-bond donors (Lipinski definition) is 0. The summed E-state index contributed by atoms with van der Waals surface area (Å²) in [4.78, 5) is 10.7. The third kappa shape index (κ3) is 4.00. The molecule has 0 aliphatic heterocycles. The van der Waals surface area contributed by atoms with Crippen molar-refractivity contribution in [2.75, 3.05) is 7.11 Å². The van der Waals surface area contributed by atoms with Gasteiger partial charge in [0.2, 0.25) is 0 Å². The normalized spacial score (nSPS) is 12.2. The van der Waals surface area contributed by atoms with E-state index in [0.717, 1.165) is 24.8 Å². The van der Waals surface area contributed by atoms with E-state index in [-0.39, 0.29) is 5.69 Å². The van der Waals surface area contributed by atoms with Gasteiger partial charge in [0.15, 0.2) is 5.75 Å². The van der Waals surface area contributed by atoms with Crippen LogP contribution in [-0.2, 0) is 6.42 Å². The molecule has 1 aromatic carbocycles. The van der Waals surface area contributed by atoms with Gasteiger partial charge < -0.3 is 4.74 Å². The first-order chi connectivity index (χ1) is 8.08. The molecule has 1 unspecified atom stereocenters. The molecule has 0 amide bonds. The lowest BCUT2D eigenvalue weighted by molar-refractivity contribution is -0.385. The SMILES string of the molecule is CCCC(Br)Cc1ccc([N+](=O)[O-])c(OC)c1. The predicted octanol–water partition coefficient (Wildman–Crippen LogP) is 3.71. The molecule has 0 aliphatic rings. The third-order valence-electron chi connectivity index (χ3n) is 2.50. The van der Waals surface area contributed by atoms with Crippen molar-refractivity contribution in [2.45, 2.75) is 31.0 Å². The van der Waals surface area contributed by atoms with Crippen LogP contribution in [0.4, 0.5) is 5.69 Å². The van der Waals surface area contributed by atoms with Gasteiger partial charge in [-0.15, -0.1) is 0 Å². The zero-order valence-electron chi connectivity index (χ0n) is 9.98. The minimum absolute atomic E-state index is 0.0119. The smallest absolute Gasteiger partial charge is 0.310 e. The largest absolute Gasteiger partial charge is 0.490 e. The highest BCUT2D eigenvalue weighted by atomic mass is 79.9. The van der Waals surface area contributed by atoms with Gasteiger partial charge in [-0.05, 0) is 24.5 Å². The first kappa shape index (κ1) is 14.0. The summed E-state index contributed by atoms with van der Waals surface area (Å²) < 4.78 is 5.03. The van der Waals surface area contributed by atoms with Gasteiger partial charge in [-0.25, -0.2) is 0 Å². The van der Waals surface area contributed by atoms with E-state index in [1.54, 1.807) is 12.1 Å². The molecule has 0 saturated heterocycles. The van der Waals surface area contributed by atoms with E-state index in [2.05, 4.69) is 22.9 Å². The number of ether oxygens (including phenoxy) is 1. The van der Waals surface area contributed by atoms with Crippen LogP contribution in [0.5, 0.6) is 5.75 Å². The molecule has 0 saturated carbocycles. The van der Waals surface area contributed by atoms with Crippen molar-refractivity contribution >= 4 is 21.6 Å². The number of hydrogen-bond acceptors (Lipinski definition) is 3. The fourth-order valence-electron chi connectivity index (χ4n) is 1.67. The van der Waals surface area contributed by atoms with Gasteiger partial charge in [0, 0.05) is 10.9 Å². The number of nitro groups is 1. The lowest BCUT2D eigenvalue weighted by Crippen LogP contribution is -2.03. The van der Waals surface area contributed by atoms with Gasteiger partial charge in [-0.3, -0.25) is 10.1 Å². The van der Waals surface area contributed by atoms with Crippen molar-refractivity contribution < 1.29 is 9.66 Å². The second-order valence-corrected chi connectivity index (χ2v) is 5.15. The van der Waals surface area contributed by atoms with Gasteiger partial charge in [0.1, 0.15) is 0 Å². The van der Waals surface area contributed by atoms with Gasteiger partial charge in [0.05, 0.1) is 12.0 Å². The highest BCUT2D eigenvalue weighted by molar-refractivity contribution is 9.09. The summed E-state index contributed by atoms with van der Waals surface area (Å²) in [5, 5.41) is 10.7. The summed E-state index contributed by atoms with van der Waals surface area (Å²) in [7, 11) is 1.45. The van der Waals surface area contributed by atoms with Crippen molar-refractivity contribution in [1.29, 1.82) is 0 Å². The van der Waals surface area contributed by atoms with Crippen molar-refractivity contribution in [2.24, 2.45) is 0 Å². The average molecular weight is 302 g/mol. The van der Waals surface area contributed by atoms with Crippen LogP contribution in [0.2, 0.25) is 0 Å². The molecule has 94 valence electrons. The van der Waals surface area contributed by atoms with Crippen LogP contribution in [0.1, 0.15) is 25.3 Å². The Balaban J connectivity index is 2.86. The summed E-state index contributed by atoms with van der Waals surface area (Å²) in [5.74, 6) is 0.323. The summed E-state index contributed by atoms with van der Waals surface area (Å²) >= 11 is 3.59. The van der Waals surface area contributed by atoms with Gasteiger partial charge in [-0.2, -0.15) is 0 Å². The fraction of sp³-hybridized carbons (Fsp3) is 0.500. The van der Waals surface area contributed by atoms with Crippen LogP contribution >= 0.6 is 15.9 Å². The Hall–Kier alpha value is -1.10. The molecular weight excluding hydrogens is 286 g/mol. The fourth-order valence-corrected chi connectivity index (χ4v) is 2.50. The van der Waals surface area contributed by atoms with Crippen LogP contribution in [0, 0.1) is 10.1 Å². The molecule has 1 aromatic rings. The minimum Gasteiger partial charge on any atom is -0.490 e. The zero-order chi connectivity index (χ0) is 12.8. The van der Waals surface area contributed by atoms with E-state index >= 15 is 0 Å². The number of halogens is 1. The summed E-state index contributed by atoms with van der Waals surface area (Å²) in [5.41, 5.74) is 1.06. The van der Waals surface area contributed by atoms with E-state index in [1.165, 1.54) is 13.2 Å². The van der Waals surface area contributed by atoms with Crippen LogP contribution in [0.25, 0.3) is 0 Å². The van der Waals surface area contributed by atoms with Gasteiger partial charge in [0.25, 0.3) is 0 Å². The van der Waals surface area contributed by atoms with E-state index in [1.807, 2.05) is 0 Å². The van der Waals surface area contributed by atoms with E-state index in [4.69, 9.17) is 4.74 Å². The number of benzene rings is 1. The van der Waals surface area contributed by atoms with Crippen molar-refractivity contribution in [3.63, 3.8) is 0 Å². The number of nitro benzene ring substituents is 1. The average Bonchev–Trinajstić information content (AvgIpc) is 2.28. The lowest BCUT2D eigenvalue weighted by atomic mass is 10.1. The highest BCUT2D eigenvalue weighted by Gasteiger charge is 2.15. The maximum Gasteiger partial charge on any atom is 0.310 e. The quantitative estimate of drug-likeness (QED) is 0.457. The van der Waals surface area contributed by atoms with Crippen molar-refractivity contribution in [1.82, 2.24) is 0 Å². The second-order valence-electron chi connectivity index (χ2n) is 3.85. The summed E-state index contributed by atoms with van der Waals surface area (Å²) in [6.45, 7) is 2.13. The molecule has 1 rings (SSSR count). The Kier molecular flexibility index (Phi) is 5.41. The first-order valence-electron chi connectivity index (χ1n) is 5.53. The topological polar surface area (TPSA) is 52.4 Å². The molecular formula is C12H16BrNO3. The Morgan fingerprint density at radius 1 is 1.53 bits per heavy atom. The maximum absolute atomic E-state index is 10.7. The third-order valence-corrected chi connectivity index (χ3v) is 3.28. The Labute approximate surface area is 109 Å². The van der Waals surface area contributed by atoms with Crippen LogP contribution in [0.3, 0.4) is 0 Å². The molecule has 0 radical (unpaired) electrons. The Morgan fingerprint density at radius 3 is 2.76 bits per heavy atom. The van der Waals surface area contributed by atoms with E-state index < -0.39 is 4.92 Å². The monoisotopic (exact) mass is 301 g/mol. The van der Waals surface area contributed by atoms with E-state index in [0.29, 0.717) is 10.6 Å². The number of rotatable bonds is 6. The minimum atomic E-state index is -0.430. The molecule has 1 atom stereocenters. The number of nitrogens with zero attached hydrogens (tertiary/aromatic N) is 1. The molecule has 4 nitrogen and oxygen atoms in total. The zero-order valence-corrected chi connectivity index (χ0v) is 11.6. The summed E-state index contributed by atoms with van der Waals surface area (Å²) in [6, 6.07) is 5.02. The first-order valence-corrected chi connectivity index (χ1v) is 6.45. The number of alkyl halides is 1. The maximum atomic E-state index is 10.7.